The zero-order valence-electron chi connectivity index (χ0n) is 6.85. The van der Waals surface area contributed by atoms with Crippen LogP contribution < -0.4 is 5.56 Å². The van der Waals surface area contributed by atoms with E-state index in [1.165, 1.54) is 0 Å². The van der Waals surface area contributed by atoms with Crippen molar-refractivity contribution in [1.29, 1.82) is 5.26 Å². The first-order chi connectivity index (χ1) is 6.56. The zero-order valence-corrected chi connectivity index (χ0v) is 6.85. The molecule has 0 saturated heterocycles. The zero-order chi connectivity index (χ0) is 10.7. The smallest absolute Gasteiger partial charge is 0.269 e. The fraction of sp³-hybridized carbons (Fsp3) is 0.250. The van der Waals surface area contributed by atoms with Gasteiger partial charge in [-0.25, -0.2) is 13.2 Å². The van der Waals surface area contributed by atoms with Gasteiger partial charge in [0.15, 0.2) is 0 Å². The van der Waals surface area contributed by atoms with Crippen molar-refractivity contribution in [2.24, 2.45) is 0 Å². The molecule has 1 aromatic heterocycles. The minimum Gasteiger partial charge on any atom is -0.322 e. The van der Waals surface area contributed by atoms with Crippen molar-refractivity contribution in [3.8, 4) is 6.07 Å². The third-order valence-corrected chi connectivity index (χ3v) is 1.59. The first-order valence-electron chi connectivity index (χ1n) is 3.63. The van der Waals surface area contributed by atoms with Crippen molar-refractivity contribution in [2.75, 3.05) is 0 Å². The molecule has 0 spiro atoms. The molecule has 0 bridgehead atoms. The Labute approximate surface area is 76.8 Å². The summed E-state index contributed by atoms with van der Waals surface area (Å²) in [6.07, 6.45) is -3.38. The molecule has 0 fully saturated rings. The number of nitriles is 1. The summed E-state index contributed by atoms with van der Waals surface area (Å²) in [6, 6.07) is 2.06. The maximum Gasteiger partial charge on any atom is 0.269 e. The van der Waals surface area contributed by atoms with Crippen LogP contribution in [0.1, 0.15) is 17.7 Å². The van der Waals surface area contributed by atoms with Gasteiger partial charge in [0.05, 0.1) is 23.7 Å². The fourth-order valence-electron chi connectivity index (χ4n) is 0.928. The molecule has 1 N–H and O–H groups in total. The maximum absolute atomic E-state index is 12.9. The molecule has 0 aliphatic rings. The van der Waals surface area contributed by atoms with E-state index < -0.39 is 23.4 Å². The summed E-state index contributed by atoms with van der Waals surface area (Å²) in [5, 5.41) is 8.23. The van der Waals surface area contributed by atoms with E-state index in [2.05, 4.69) is 0 Å². The van der Waals surface area contributed by atoms with Crippen LogP contribution in [0.3, 0.4) is 0 Å². The monoisotopic (exact) mass is 202 g/mol. The van der Waals surface area contributed by atoms with Gasteiger partial charge in [-0.05, 0) is 6.07 Å². The molecule has 0 amide bonds. The lowest BCUT2D eigenvalue weighted by atomic mass is 10.2. The minimum absolute atomic E-state index is 0.276. The molecule has 0 radical (unpaired) electrons. The highest BCUT2D eigenvalue weighted by Gasteiger charge is 2.15. The average Bonchev–Trinajstić information content (AvgIpc) is 2.10. The van der Waals surface area contributed by atoms with Crippen molar-refractivity contribution in [3.05, 3.63) is 33.5 Å². The van der Waals surface area contributed by atoms with E-state index in [1.807, 2.05) is 4.98 Å². The van der Waals surface area contributed by atoms with E-state index >= 15 is 0 Å². The van der Waals surface area contributed by atoms with Crippen LogP contribution in [0.5, 0.6) is 0 Å². The molecule has 14 heavy (non-hydrogen) atoms. The van der Waals surface area contributed by atoms with E-state index in [0.717, 1.165) is 0 Å². The van der Waals surface area contributed by atoms with E-state index in [1.54, 1.807) is 6.07 Å². The number of halogens is 3. The van der Waals surface area contributed by atoms with Crippen molar-refractivity contribution in [1.82, 2.24) is 4.98 Å². The lowest BCUT2D eigenvalue weighted by molar-refractivity contribution is 0.149. The second-order valence-electron chi connectivity index (χ2n) is 2.52. The van der Waals surface area contributed by atoms with Crippen LogP contribution in [0.2, 0.25) is 0 Å². The Hall–Kier alpha value is -1.77. The highest BCUT2D eigenvalue weighted by atomic mass is 19.3. The molecule has 0 aliphatic heterocycles. The summed E-state index contributed by atoms with van der Waals surface area (Å²) in [7, 11) is 0. The number of hydrogen-bond donors (Lipinski definition) is 1. The predicted molar refractivity (Wildman–Crippen MR) is 41.3 cm³/mol. The second-order valence-corrected chi connectivity index (χ2v) is 2.52. The summed E-state index contributed by atoms with van der Waals surface area (Å²) < 4.78 is 37.1. The van der Waals surface area contributed by atoms with Crippen molar-refractivity contribution < 1.29 is 13.2 Å². The summed E-state index contributed by atoms with van der Waals surface area (Å²) in [5.74, 6) is -0.999. The molecule has 0 aromatic carbocycles. The number of H-pyrrole nitrogens is 1. The highest BCUT2D eigenvalue weighted by Crippen LogP contribution is 2.16. The average molecular weight is 202 g/mol. The van der Waals surface area contributed by atoms with Gasteiger partial charge in [0.1, 0.15) is 5.82 Å². The highest BCUT2D eigenvalue weighted by molar-refractivity contribution is 5.19. The first kappa shape index (κ1) is 10.3. The Morgan fingerprint density at radius 3 is 2.71 bits per heavy atom. The molecular weight excluding hydrogens is 197 g/mol. The van der Waals surface area contributed by atoms with Gasteiger partial charge in [-0.3, -0.25) is 4.79 Å². The summed E-state index contributed by atoms with van der Waals surface area (Å²) in [6.45, 7) is 0. The SMILES string of the molecule is N#CCc1[nH]c(=O)c(C(F)F)cc1F. The van der Waals surface area contributed by atoms with Gasteiger partial charge < -0.3 is 4.98 Å². The molecule has 0 atom stereocenters. The van der Waals surface area contributed by atoms with E-state index in [4.69, 9.17) is 5.26 Å². The molecular formula is C8H5F3N2O. The number of hydrogen-bond acceptors (Lipinski definition) is 2. The van der Waals surface area contributed by atoms with Crippen LogP contribution in [0, 0.1) is 17.1 Å². The number of aromatic nitrogens is 1. The van der Waals surface area contributed by atoms with Gasteiger partial charge in [-0.15, -0.1) is 0 Å². The molecule has 1 aromatic rings. The minimum atomic E-state index is -3.02. The molecule has 0 saturated carbocycles. The van der Waals surface area contributed by atoms with Gasteiger partial charge >= 0.3 is 0 Å². The van der Waals surface area contributed by atoms with Gasteiger partial charge in [0, 0.05) is 0 Å². The number of nitrogens with one attached hydrogen (secondary N) is 1. The number of aromatic amines is 1. The second kappa shape index (κ2) is 3.96. The Morgan fingerprint density at radius 1 is 1.57 bits per heavy atom. The largest absolute Gasteiger partial charge is 0.322 e. The Kier molecular flexibility index (Phi) is 2.92. The van der Waals surface area contributed by atoms with Crippen LogP contribution in [0.15, 0.2) is 10.9 Å². The molecule has 74 valence electrons. The van der Waals surface area contributed by atoms with E-state index in [0.29, 0.717) is 6.07 Å². The van der Waals surface area contributed by atoms with Gasteiger partial charge in [0.25, 0.3) is 12.0 Å². The first-order valence-corrected chi connectivity index (χ1v) is 3.63. The predicted octanol–water partition coefficient (Wildman–Crippen LogP) is 1.52. The van der Waals surface area contributed by atoms with Crippen molar-refractivity contribution in [3.63, 3.8) is 0 Å². The lowest BCUT2D eigenvalue weighted by Crippen LogP contribution is -2.16. The van der Waals surface area contributed by atoms with Crippen LogP contribution in [-0.4, -0.2) is 4.98 Å². The van der Waals surface area contributed by atoms with Gasteiger partial charge in [-0.1, -0.05) is 0 Å². The quantitative estimate of drug-likeness (QED) is 0.790. The van der Waals surface area contributed by atoms with E-state index in [9.17, 15) is 18.0 Å². The van der Waals surface area contributed by atoms with Crippen LogP contribution >= 0.6 is 0 Å². The maximum atomic E-state index is 12.9. The Bertz CT molecular complexity index is 433. The van der Waals surface area contributed by atoms with Crippen LogP contribution in [0.4, 0.5) is 13.2 Å². The van der Waals surface area contributed by atoms with E-state index in [-0.39, 0.29) is 12.1 Å². The molecule has 1 rings (SSSR count). The number of alkyl halides is 2. The standard InChI is InChI=1S/C8H5F3N2O/c9-5-3-4(7(10)11)8(14)13-6(5)1-2-12/h3,7H,1H2,(H,13,14). The van der Waals surface area contributed by atoms with Gasteiger partial charge in [0.2, 0.25) is 0 Å². The number of pyridine rings is 1. The summed E-state index contributed by atoms with van der Waals surface area (Å²) in [5.41, 5.74) is -2.27. The molecule has 1 heterocycles. The Balaban J connectivity index is 3.26. The van der Waals surface area contributed by atoms with Crippen molar-refractivity contribution >= 4 is 0 Å². The third-order valence-electron chi connectivity index (χ3n) is 1.59. The Morgan fingerprint density at radius 2 is 2.21 bits per heavy atom. The number of nitrogens with zero attached hydrogens (tertiary/aromatic N) is 1. The molecule has 3 nitrogen and oxygen atoms in total. The topological polar surface area (TPSA) is 56.6 Å². The summed E-state index contributed by atoms with van der Waals surface area (Å²) >= 11 is 0. The fourth-order valence-corrected chi connectivity index (χ4v) is 0.928. The molecule has 6 heteroatoms. The van der Waals surface area contributed by atoms with Crippen LogP contribution in [0.25, 0.3) is 0 Å². The number of rotatable bonds is 2. The third kappa shape index (κ3) is 1.93. The van der Waals surface area contributed by atoms with Crippen molar-refractivity contribution in [2.45, 2.75) is 12.8 Å². The lowest BCUT2D eigenvalue weighted by Gasteiger charge is -2.01. The summed E-state index contributed by atoms with van der Waals surface area (Å²) in [4.78, 5) is 12.8. The van der Waals surface area contributed by atoms with Crippen LogP contribution in [-0.2, 0) is 6.42 Å². The van der Waals surface area contributed by atoms with Gasteiger partial charge in [-0.2, -0.15) is 5.26 Å². The normalized spacial score (nSPS) is 10.2. The molecule has 0 unspecified atom stereocenters. The molecule has 0 aliphatic carbocycles.